The van der Waals surface area contributed by atoms with Crippen LogP contribution in [0.15, 0.2) is 77.1 Å². The van der Waals surface area contributed by atoms with Gasteiger partial charge in [0.25, 0.3) is 11.8 Å². The van der Waals surface area contributed by atoms with Crippen LogP contribution in [0.3, 0.4) is 0 Å². The predicted molar refractivity (Wildman–Crippen MR) is 128 cm³/mol. The number of aromatic nitrogens is 1. The fourth-order valence-electron chi connectivity index (χ4n) is 2.97. The highest BCUT2D eigenvalue weighted by atomic mass is 32.2. The summed E-state index contributed by atoms with van der Waals surface area (Å²) in [6.07, 6.45) is 0. The molecule has 4 aromatic rings. The van der Waals surface area contributed by atoms with Crippen molar-refractivity contribution in [1.29, 1.82) is 0 Å². The quantitative estimate of drug-likeness (QED) is 0.394. The molecule has 31 heavy (non-hydrogen) atoms. The Balaban J connectivity index is 1.35. The third-order valence-electron chi connectivity index (χ3n) is 4.65. The number of fused-ring (bicyclic) bond motifs is 1. The van der Waals surface area contributed by atoms with Crippen LogP contribution in [0.25, 0.3) is 10.2 Å². The molecular weight excluding hydrogens is 426 g/mol. The van der Waals surface area contributed by atoms with E-state index >= 15 is 0 Å². The SMILES string of the molecule is CN(C)C(=O)c1ccc(NC(=O)c2ccc(CSc3nc4ccccc4s3)cc2)cc1. The second-order valence-electron chi connectivity index (χ2n) is 7.16. The van der Waals surface area contributed by atoms with E-state index in [9.17, 15) is 9.59 Å². The average Bonchev–Trinajstić information content (AvgIpc) is 3.21. The van der Waals surface area contributed by atoms with Gasteiger partial charge < -0.3 is 10.2 Å². The van der Waals surface area contributed by atoms with E-state index in [0.717, 1.165) is 21.2 Å². The minimum atomic E-state index is -0.183. The highest BCUT2D eigenvalue weighted by Crippen LogP contribution is 2.31. The molecule has 0 aliphatic heterocycles. The Hall–Kier alpha value is -3.16. The van der Waals surface area contributed by atoms with E-state index in [0.29, 0.717) is 16.8 Å². The topological polar surface area (TPSA) is 62.3 Å². The van der Waals surface area contributed by atoms with Crippen molar-refractivity contribution < 1.29 is 9.59 Å². The van der Waals surface area contributed by atoms with Gasteiger partial charge in [-0.05, 0) is 54.1 Å². The van der Waals surface area contributed by atoms with Crippen molar-refractivity contribution in [2.24, 2.45) is 0 Å². The van der Waals surface area contributed by atoms with E-state index in [1.54, 1.807) is 61.5 Å². The average molecular weight is 448 g/mol. The molecule has 4 rings (SSSR count). The predicted octanol–water partition coefficient (Wildman–Crippen LogP) is 5.54. The van der Waals surface area contributed by atoms with Crippen LogP contribution in [-0.4, -0.2) is 35.8 Å². The van der Waals surface area contributed by atoms with Crippen molar-refractivity contribution in [3.63, 3.8) is 0 Å². The summed E-state index contributed by atoms with van der Waals surface area (Å²) in [6, 6.07) is 22.6. The molecule has 7 heteroatoms. The van der Waals surface area contributed by atoms with E-state index in [1.165, 1.54) is 9.60 Å². The number of anilines is 1. The number of thioether (sulfide) groups is 1. The van der Waals surface area contributed by atoms with Crippen molar-refractivity contribution >= 4 is 50.8 Å². The molecule has 0 fully saturated rings. The van der Waals surface area contributed by atoms with Gasteiger partial charge in [-0.3, -0.25) is 9.59 Å². The molecule has 2 amide bonds. The number of benzene rings is 3. The number of rotatable bonds is 6. The van der Waals surface area contributed by atoms with Gasteiger partial charge in [-0.15, -0.1) is 11.3 Å². The minimum Gasteiger partial charge on any atom is -0.345 e. The van der Waals surface area contributed by atoms with E-state index in [-0.39, 0.29) is 11.8 Å². The number of nitrogens with one attached hydrogen (secondary N) is 1. The molecule has 0 saturated carbocycles. The Morgan fingerprint density at radius 3 is 2.29 bits per heavy atom. The van der Waals surface area contributed by atoms with Crippen LogP contribution in [0.5, 0.6) is 0 Å². The van der Waals surface area contributed by atoms with Gasteiger partial charge in [0, 0.05) is 36.7 Å². The fourth-order valence-corrected chi connectivity index (χ4v) is 4.99. The monoisotopic (exact) mass is 447 g/mol. The van der Waals surface area contributed by atoms with Crippen molar-refractivity contribution in [1.82, 2.24) is 9.88 Å². The standard InChI is InChI=1S/C24H21N3O2S2/c1-27(2)23(29)18-11-13-19(14-12-18)25-22(28)17-9-7-16(8-10-17)15-30-24-26-20-5-3-4-6-21(20)31-24/h3-14H,15H2,1-2H3,(H,25,28). The zero-order valence-electron chi connectivity index (χ0n) is 17.2. The molecule has 1 aromatic heterocycles. The van der Waals surface area contributed by atoms with Gasteiger partial charge in [-0.25, -0.2) is 4.98 Å². The number of carbonyl (C=O) groups is 2. The zero-order valence-corrected chi connectivity index (χ0v) is 18.8. The lowest BCUT2D eigenvalue weighted by Gasteiger charge is -2.11. The maximum absolute atomic E-state index is 12.5. The summed E-state index contributed by atoms with van der Waals surface area (Å²) in [6.45, 7) is 0. The first kappa shape index (κ1) is 21.1. The highest BCUT2D eigenvalue weighted by molar-refractivity contribution is 8.00. The zero-order chi connectivity index (χ0) is 21.8. The van der Waals surface area contributed by atoms with Crippen LogP contribution in [0, 0.1) is 0 Å². The Bertz CT molecular complexity index is 1180. The summed E-state index contributed by atoms with van der Waals surface area (Å²) in [4.78, 5) is 30.6. The third kappa shape index (κ3) is 5.13. The van der Waals surface area contributed by atoms with Gasteiger partial charge >= 0.3 is 0 Å². The first-order valence-corrected chi connectivity index (χ1v) is 11.5. The van der Waals surface area contributed by atoms with Crippen LogP contribution in [0.1, 0.15) is 26.3 Å². The second kappa shape index (κ2) is 9.32. The second-order valence-corrected chi connectivity index (χ2v) is 9.42. The summed E-state index contributed by atoms with van der Waals surface area (Å²) >= 11 is 3.39. The van der Waals surface area contributed by atoms with E-state index < -0.39 is 0 Å². The van der Waals surface area contributed by atoms with Gasteiger partial charge in [0.1, 0.15) is 0 Å². The molecule has 0 radical (unpaired) electrons. The smallest absolute Gasteiger partial charge is 0.255 e. The van der Waals surface area contributed by atoms with Gasteiger partial charge in [0.05, 0.1) is 10.2 Å². The summed E-state index contributed by atoms with van der Waals surface area (Å²) in [5.74, 6) is 0.539. The van der Waals surface area contributed by atoms with Crippen molar-refractivity contribution in [2.45, 2.75) is 10.1 Å². The lowest BCUT2D eigenvalue weighted by atomic mass is 10.1. The number of hydrogen-bond acceptors (Lipinski definition) is 5. The maximum atomic E-state index is 12.5. The van der Waals surface area contributed by atoms with E-state index in [1.807, 2.05) is 42.5 Å². The first-order chi connectivity index (χ1) is 15.0. The summed E-state index contributed by atoms with van der Waals surface area (Å²) in [5.41, 5.74) is 3.98. The summed E-state index contributed by atoms with van der Waals surface area (Å²) < 4.78 is 2.23. The van der Waals surface area contributed by atoms with Crippen molar-refractivity contribution in [3.8, 4) is 0 Å². The normalized spacial score (nSPS) is 10.8. The summed E-state index contributed by atoms with van der Waals surface area (Å²) in [5, 5.41) is 2.87. The van der Waals surface area contributed by atoms with Gasteiger partial charge in [0.2, 0.25) is 0 Å². The molecule has 0 aliphatic rings. The molecule has 0 spiro atoms. The van der Waals surface area contributed by atoms with Crippen LogP contribution < -0.4 is 5.32 Å². The molecule has 1 heterocycles. The Morgan fingerprint density at radius 1 is 0.935 bits per heavy atom. The first-order valence-electron chi connectivity index (χ1n) is 9.70. The molecule has 1 N–H and O–H groups in total. The largest absolute Gasteiger partial charge is 0.345 e. The number of carbonyl (C=O) groups excluding carboxylic acids is 2. The molecule has 156 valence electrons. The number of nitrogens with zero attached hydrogens (tertiary/aromatic N) is 2. The van der Waals surface area contributed by atoms with Crippen LogP contribution in [-0.2, 0) is 5.75 Å². The van der Waals surface area contributed by atoms with Gasteiger partial charge in [-0.1, -0.05) is 36.0 Å². The van der Waals surface area contributed by atoms with Crippen LogP contribution >= 0.6 is 23.1 Å². The molecule has 0 aliphatic carbocycles. The Morgan fingerprint density at radius 2 is 1.61 bits per heavy atom. The van der Waals surface area contributed by atoms with Gasteiger partial charge in [-0.2, -0.15) is 0 Å². The van der Waals surface area contributed by atoms with Gasteiger partial charge in [0.15, 0.2) is 4.34 Å². The molecule has 0 saturated heterocycles. The number of hydrogen-bond donors (Lipinski definition) is 1. The molecule has 5 nitrogen and oxygen atoms in total. The Kier molecular flexibility index (Phi) is 6.34. The minimum absolute atomic E-state index is 0.0721. The molecule has 0 atom stereocenters. The lowest BCUT2D eigenvalue weighted by Crippen LogP contribution is -2.21. The number of para-hydroxylation sites is 1. The molecule has 0 unspecified atom stereocenters. The molecule has 3 aromatic carbocycles. The maximum Gasteiger partial charge on any atom is 0.255 e. The van der Waals surface area contributed by atoms with E-state index in [2.05, 4.69) is 16.4 Å². The lowest BCUT2D eigenvalue weighted by molar-refractivity contribution is 0.0827. The van der Waals surface area contributed by atoms with Crippen molar-refractivity contribution in [3.05, 3.63) is 89.5 Å². The Labute approximate surface area is 189 Å². The summed E-state index contributed by atoms with van der Waals surface area (Å²) in [7, 11) is 3.42. The highest BCUT2D eigenvalue weighted by Gasteiger charge is 2.10. The van der Waals surface area contributed by atoms with Crippen LogP contribution in [0.4, 0.5) is 5.69 Å². The number of amides is 2. The third-order valence-corrected chi connectivity index (χ3v) is 6.90. The molecular formula is C24H21N3O2S2. The fraction of sp³-hybridized carbons (Fsp3) is 0.125. The van der Waals surface area contributed by atoms with Crippen LogP contribution in [0.2, 0.25) is 0 Å². The molecule has 0 bridgehead atoms. The van der Waals surface area contributed by atoms with E-state index in [4.69, 9.17) is 0 Å². The number of thiazole rings is 1. The van der Waals surface area contributed by atoms with Crippen molar-refractivity contribution in [2.75, 3.05) is 19.4 Å².